The monoisotopic (exact) mass is 149 g/mol. The third kappa shape index (κ3) is 1.45. The van der Waals surface area contributed by atoms with Crippen LogP contribution in [0.2, 0.25) is 0 Å². The lowest BCUT2D eigenvalue weighted by Gasteiger charge is -2.15. The molecule has 0 amide bonds. The van der Waals surface area contributed by atoms with E-state index in [-0.39, 0.29) is 5.92 Å². The Hall–Kier alpha value is -0.180. The zero-order valence-electron chi connectivity index (χ0n) is 5.89. The topological polar surface area (TPSA) is 26.0 Å². The first-order chi connectivity index (χ1) is 4.75. The van der Waals surface area contributed by atoms with Crippen LogP contribution in [0.25, 0.3) is 0 Å². The highest BCUT2D eigenvalue weighted by Gasteiger charge is 2.32. The average Bonchev–Trinajstić information content (AvgIpc) is 2.33. The van der Waals surface area contributed by atoms with E-state index in [2.05, 4.69) is 0 Å². The number of nitrogens with two attached hydrogens (primary N) is 1. The summed E-state index contributed by atoms with van der Waals surface area (Å²) in [7, 11) is 0. The van der Waals surface area contributed by atoms with Gasteiger partial charge in [0.15, 0.2) is 0 Å². The van der Waals surface area contributed by atoms with E-state index in [1.54, 1.807) is 0 Å². The Morgan fingerprint density at radius 2 is 2.10 bits per heavy atom. The van der Waals surface area contributed by atoms with Crippen molar-refractivity contribution in [2.45, 2.75) is 25.7 Å². The van der Waals surface area contributed by atoms with Gasteiger partial charge in [0, 0.05) is 5.92 Å². The largest absolute Gasteiger partial charge is 0.330 e. The van der Waals surface area contributed by atoms with Crippen molar-refractivity contribution in [3.05, 3.63) is 0 Å². The molecule has 10 heavy (non-hydrogen) atoms. The lowest BCUT2D eigenvalue weighted by molar-refractivity contribution is 0.0582. The highest BCUT2D eigenvalue weighted by Crippen LogP contribution is 2.34. The van der Waals surface area contributed by atoms with Gasteiger partial charge in [0.1, 0.15) is 0 Å². The van der Waals surface area contributed by atoms with Crippen LogP contribution in [0.4, 0.5) is 8.78 Å². The van der Waals surface area contributed by atoms with E-state index in [0.717, 1.165) is 12.8 Å². The average molecular weight is 149 g/mol. The summed E-state index contributed by atoms with van der Waals surface area (Å²) < 4.78 is 24.2. The van der Waals surface area contributed by atoms with Crippen molar-refractivity contribution < 1.29 is 8.78 Å². The molecule has 1 saturated carbocycles. The number of rotatable bonds is 2. The smallest absolute Gasteiger partial charge is 0.241 e. The maximum Gasteiger partial charge on any atom is 0.241 e. The zero-order chi connectivity index (χ0) is 7.56. The van der Waals surface area contributed by atoms with Crippen LogP contribution in [0.15, 0.2) is 0 Å². The fourth-order valence-electron chi connectivity index (χ4n) is 1.69. The zero-order valence-corrected chi connectivity index (χ0v) is 5.89. The molecule has 2 N–H and O–H groups in total. The van der Waals surface area contributed by atoms with Crippen LogP contribution < -0.4 is 5.73 Å². The third-order valence-electron chi connectivity index (χ3n) is 2.34. The molecular formula is C7H13F2N. The molecule has 60 valence electrons. The van der Waals surface area contributed by atoms with Crippen molar-refractivity contribution in [2.75, 3.05) is 6.54 Å². The van der Waals surface area contributed by atoms with E-state index in [0.29, 0.717) is 13.0 Å². The van der Waals surface area contributed by atoms with E-state index < -0.39 is 12.3 Å². The number of halogens is 2. The minimum absolute atomic E-state index is 0.0833. The molecule has 0 heterocycles. The van der Waals surface area contributed by atoms with Gasteiger partial charge in [0.2, 0.25) is 6.43 Å². The molecule has 1 fully saturated rings. The minimum Gasteiger partial charge on any atom is -0.330 e. The molecule has 0 radical (unpaired) electrons. The van der Waals surface area contributed by atoms with Gasteiger partial charge in [-0.1, -0.05) is 6.42 Å². The summed E-state index contributed by atoms with van der Waals surface area (Å²) in [6.07, 6.45) is 0.332. The Morgan fingerprint density at radius 1 is 1.40 bits per heavy atom. The Labute approximate surface area is 59.6 Å². The first kappa shape index (κ1) is 7.92. The standard InChI is InChI=1S/C7H13F2N/c8-7(9)6-3-1-2-5(6)4-10/h5-7H,1-4,10H2/t5-,6+/m1/s1. The van der Waals surface area contributed by atoms with Crippen molar-refractivity contribution >= 4 is 0 Å². The Kier molecular flexibility index (Phi) is 2.60. The summed E-state index contributed by atoms with van der Waals surface area (Å²) in [4.78, 5) is 0. The van der Waals surface area contributed by atoms with E-state index >= 15 is 0 Å². The SMILES string of the molecule is NC[C@H]1CCC[C@@H]1C(F)F. The van der Waals surface area contributed by atoms with Gasteiger partial charge in [-0.25, -0.2) is 8.78 Å². The lowest BCUT2D eigenvalue weighted by atomic mass is 9.97. The summed E-state index contributed by atoms with van der Waals surface area (Å²) in [6.45, 7) is 0.426. The highest BCUT2D eigenvalue weighted by atomic mass is 19.3. The normalized spacial score (nSPS) is 33.6. The molecule has 0 aromatic heterocycles. The Bertz CT molecular complexity index is 106. The fraction of sp³-hybridized carbons (Fsp3) is 1.00. The molecule has 0 saturated heterocycles. The second kappa shape index (κ2) is 3.28. The molecule has 1 aliphatic carbocycles. The van der Waals surface area contributed by atoms with Crippen molar-refractivity contribution in [1.82, 2.24) is 0 Å². The number of hydrogen-bond donors (Lipinski definition) is 1. The summed E-state index contributed by atoms with van der Waals surface area (Å²) in [6, 6.07) is 0. The predicted molar refractivity (Wildman–Crippen MR) is 35.9 cm³/mol. The van der Waals surface area contributed by atoms with Crippen LogP contribution in [0.3, 0.4) is 0 Å². The summed E-state index contributed by atoms with van der Waals surface area (Å²) in [5.74, 6) is -0.329. The van der Waals surface area contributed by atoms with E-state index in [1.165, 1.54) is 0 Å². The molecule has 0 aliphatic heterocycles. The second-order valence-corrected chi connectivity index (χ2v) is 2.92. The number of alkyl halides is 2. The maximum atomic E-state index is 12.1. The molecular weight excluding hydrogens is 136 g/mol. The van der Waals surface area contributed by atoms with Gasteiger partial charge in [-0.2, -0.15) is 0 Å². The molecule has 0 aromatic rings. The first-order valence-electron chi connectivity index (χ1n) is 3.74. The van der Waals surface area contributed by atoms with Gasteiger partial charge >= 0.3 is 0 Å². The quantitative estimate of drug-likeness (QED) is 0.634. The van der Waals surface area contributed by atoms with E-state index in [9.17, 15) is 8.78 Å². The fourth-order valence-corrected chi connectivity index (χ4v) is 1.69. The van der Waals surface area contributed by atoms with Gasteiger partial charge in [-0.15, -0.1) is 0 Å². The molecule has 0 unspecified atom stereocenters. The second-order valence-electron chi connectivity index (χ2n) is 2.92. The molecule has 0 spiro atoms. The van der Waals surface area contributed by atoms with Gasteiger partial charge in [-0.05, 0) is 25.3 Å². The predicted octanol–water partition coefficient (Wildman–Crippen LogP) is 1.63. The Balaban J connectivity index is 2.42. The third-order valence-corrected chi connectivity index (χ3v) is 2.34. The van der Waals surface area contributed by atoms with Gasteiger partial charge in [0.25, 0.3) is 0 Å². The van der Waals surface area contributed by atoms with Crippen molar-refractivity contribution in [1.29, 1.82) is 0 Å². The summed E-state index contributed by atoms with van der Waals surface area (Å²) >= 11 is 0. The van der Waals surface area contributed by atoms with Crippen LogP contribution in [0.1, 0.15) is 19.3 Å². The van der Waals surface area contributed by atoms with Crippen molar-refractivity contribution in [2.24, 2.45) is 17.6 Å². The molecule has 1 aliphatic rings. The molecule has 3 heteroatoms. The van der Waals surface area contributed by atoms with E-state index in [1.807, 2.05) is 0 Å². The van der Waals surface area contributed by atoms with E-state index in [4.69, 9.17) is 5.73 Å². The molecule has 2 atom stereocenters. The maximum absolute atomic E-state index is 12.1. The lowest BCUT2D eigenvalue weighted by Crippen LogP contribution is -2.23. The minimum atomic E-state index is -2.16. The summed E-state index contributed by atoms with van der Waals surface area (Å²) in [5, 5.41) is 0. The molecule has 1 nitrogen and oxygen atoms in total. The van der Waals surface area contributed by atoms with Crippen LogP contribution in [-0.4, -0.2) is 13.0 Å². The van der Waals surface area contributed by atoms with Crippen LogP contribution in [-0.2, 0) is 0 Å². The van der Waals surface area contributed by atoms with Crippen molar-refractivity contribution in [3.63, 3.8) is 0 Å². The van der Waals surface area contributed by atoms with Gasteiger partial charge in [-0.3, -0.25) is 0 Å². The molecule has 0 bridgehead atoms. The highest BCUT2D eigenvalue weighted by molar-refractivity contribution is 4.79. The van der Waals surface area contributed by atoms with Crippen molar-refractivity contribution in [3.8, 4) is 0 Å². The van der Waals surface area contributed by atoms with Gasteiger partial charge < -0.3 is 5.73 Å². The molecule has 1 rings (SSSR count). The molecule has 0 aromatic carbocycles. The van der Waals surface area contributed by atoms with Crippen LogP contribution in [0, 0.1) is 11.8 Å². The van der Waals surface area contributed by atoms with Gasteiger partial charge in [0.05, 0.1) is 0 Å². The summed E-state index contributed by atoms with van der Waals surface area (Å²) in [5.41, 5.74) is 5.33. The first-order valence-corrected chi connectivity index (χ1v) is 3.74. The van der Waals surface area contributed by atoms with Crippen LogP contribution >= 0.6 is 0 Å². The Morgan fingerprint density at radius 3 is 2.50 bits per heavy atom. The number of hydrogen-bond acceptors (Lipinski definition) is 1. The van der Waals surface area contributed by atoms with Crippen LogP contribution in [0.5, 0.6) is 0 Å².